The lowest BCUT2D eigenvalue weighted by atomic mass is 9.89. The van der Waals surface area contributed by atoms with Crippen molar-refractivity contribution in [1.82, 2.24) is 0 Å². The number of aliphatic hydroxyl groups is 1. The third kappa shape index (κ3) is 7.50. The van der Waals surface area contributed by atoms with E-state index in [0.29, 0.717) is 34.1 Å². The summed E-state index contributed by atoms with van der Waals surface area (Å²) < 4.78 is 38.6. The fourth-order valence-electron chi connectivity index (χ4n) is 2.94. The maximum atomic E-state index is 12.9. The molecule has 2 aromatic rings. The smallest absolute Gasteiger partial charge is 0.416 e. The number of hydrogen-bond donors (Lipinski definition) is 3. The number of carboxylic acid groups (broad SMARTS) is 1. The normalized spacial score (nSPS) is 13.8. The third-order valence-corrected chi connectivity index (χ3v) is 6.03. The molecule has 0 radical (unpaired) electrons. The monoisotopic (exact) mass is 461 g/mol. The highest BCUT2D eigenvalue weighted by Crippen LogP contribution is 2.35. The lowest BCUT2D eigenvalue weighted by molar-refractivity contribution is -0.138. The number of aryl methyl sites for hydroxylation is 1. The quantitative estimate of drug-likeness (QED) is 0.442. The van der Waals surface area contributed by atoms with Gasteiger partial charge in [-0.05, 0) is 61.6 Å². The number of halogens is 4. The SMILES string of the molecule is NC(CO)(CCCc1ccc(Sc2cccc(C(F)(F)F)c2)cc1Cl)CCC(=O)O. The fourth-order valence-corrected chi connectivity index (χ4v) is 4.19. The van der Waals surface area contributed by atoms with E-state index in [2.05, 4.69) is 0 Å². The molecule has 0 heterocycles. The molecule has 0 fully saturated rings. The molecule has 0 spiro atoms. The largest absolute Gasteiger partial charge is 0.481 e. The molecule has 0 aliphatic carbocycles. The second kappa shape index (κ2) is 10.5. The van der Waals surface area contributed by atoms with Gasteiger partial charge in [0.15, 0.2) is 0 Å². The van der Waals surface area contributed by atoms with Crippen LogP contribution in [0.3, 0.4) is 0 Å². The van der Waals surface area contributed by atoms with Gasteiger partial charge < -0.3 is 15.9 Å². The van der Waals surface area contributed by atoms with Crippen molar-refractivity contribution in [3.8, 4) is 0 Å². The van der Waals surface area contributed by atoms with Gasteiger partial charge in [-0.25, -0.2) is 0 Å². The minimum atomic E-state index is -4.39. The van der Waals surface area contributed by atoms with Crippen molar-refractivity contribution in [3.63, 3.8) is 0 Å². The van der Waals surface area contributed by atoms with Gasteiger partial charge in [0.25, 0.3) is 0 Å². The molecule has 0 aliphatic heterocycles. The van der Waals surface area contributed by atoms with Crippen LogP contribution in [0.25, 0.3) is 0 Å². The number of aliphatic carboxylic acids is 1. The molecule has 1 unspecified atom stereocenters. The van der Waals surface area contributed by atoms with Gasteiger partial charge in [0, 0.05) is 26.8 Å². The number of benzene rings is 2. The Labute approximate surface area is 182 Å². The van der Waals surface area contributed by atoms with E-state index < -0.39 is 23.2 Å². The Morgan fingerprint density at radius 1 is 1.10 bits per heavy atom. The van der Waals surface area contributed by atoms with Crippen molar-refractivity contribution in [1.29, 1.82) is 0 Å². The van der Waals surface area contributed by atoms with Crippen LogP contribution in [0.15, 0.2) is 52.3 Å². The van der Waals surface area contributed by atoms with Crippen LogP contribution in [0.4, 0.5) is 13.2 Å². The third-order valence-electron chi connectivity index (χ3n) is 4.69. The lowest BCUT2D eigenvalue weighted by Crippen LogP contribution is -2.44. The van der Waals surface area contributed by atoms with Gasteiger partial charge >= 0.3 is 12.1 Å². The molecule has 164 valence electrons. The molecule has 1 atom stereocenters. The highest BCUT2D eigenvalue weighted by Gasteiger charge is 2.30. The van der Waals surface area contributed by atoms with Crippen molar-refractivity contribution < 1.29 is 28.2 Å². The number of aliphatic hydroxyl groups excluding tert-OH is 1. The first-order valence-corrected chi connectivity index (χ1v) is 10.5. The van der Waals surface area contributed by atoms with Gasteiger partial charge in [-0.2, -0.15) is 13.2 Å². The van der Waals surface area contributed by atoms with E-state index in [4.69, 9.17) is 22.4 Å². The maximum absolute atomic E-state index is 12.9. The van der Waals surface area contributed by atoms with Gasteiger partial charge in [0.05, 0.1) is 12.2 Å². The Morgan fingerprint density at radius 3 is 2.40 bits per heavy atom. The summed E-state index contributed by atoms with van der Waals surface area (Å²) >= 11 is 7.52. The summed E-state index contributed by atoms with van der Waals surface area (Å²) in [4.78, 5) is 11.9. The number of hydrogen-bond acceptors (Lipinski definition) is 4. The zero-order valence-electron chi connectivity index (χ0n) is 16.1. The number of carboxylic acids is 1. The molecule has 9 heteroatoms. The van der Waals surface area contributed by atoms with Crippen molar-refractivity contribution in [2.75, 3.05) is 6.61 Å². The second-order valence-electron chi connectivity index (χ2n) is 7.15. The van der Waals surface area contributed by atoms with E-state index in [1.165, 1.54) is 17.8 Å². The maximum Gasteiger partial charge on any atom is 0.416 e. The summed E-state index contributed by atoms with van der Waals surface area (Å²) in [6, 6.07) is 10.4. The summed E-state index contributed by atoms with van der Waals surface area (Å²) in [5.41, 5.74) is 5.27. The molecule has 4 N–H and O–H groups in total. The molecule has 0 saturated heterocycles. The van der Waals surface area contributed by atoms with Crippen LogP contribution in [0.1, 0.15) is 36.8 Å². The number of alkyl halides is 3. The van der Waals surface area contributed by atoms with Gasteiger partial charge in [-0.3, -0.25) is 4.79 Å². The van der Waals surface area contributed by atoms with E-state index >= 15 is 0 Å². The van der Waals surface area contributed by atoms with E-state index in [9.17, 15) is 23.1 Å². The predicted octanol–water partition coefficient (Wildman–Crippen LogP) is 5.39. The average molecular weight is 462 g/mol. The Morgan fingerprint density at radius 2 is 1.80 bits per heavy atom. The number of carbonyl (C=O) groups is 1. The van der Waals surface area contributed by atoms with Crippen LogP contribution in [0, 0.1) is 0 Å². The van der Waals surface area contributed by atoms with Crippen molar-refractivity contribution in [2.24, 2.45) is 5.73 Å². The van der Waals surface area contributed by atoms with E-state index in [-0.39, 0.29) is 19.4 Å². The topological polar surface area (TPSA) is 83.5 Å². The van der Waals surface area contributed by atoms with Crippen LogP contribution in [-0.2, 0) is 17.4 Å². The minimum absolute atomic E-state index is 0.112. The second-order valence-corrected chi connectivity index (χ2v) is 8.70. The molecule has 0 amide bonds. The zero-order valence-corrected chi connectivity index (χ0v) is 17.7. The molecular weight excluding hydrogens is 439 g/mol. The Bertz CT molecular complexity index is 879. The lowest BCUT2D eigenvalue weighted by Gasteiger charge is -2.26. The standard InChI is InChI=1S/C21H23ClF3NO3S/c22-18-12-17(30-16-5-1-4-15(11-16)21(23,24)25)7-6-14(18)3-2-9-20(26,13-27)10-8-19(28)29/h1,4-7,11-12,27H,2-3,8-10,13,26H2,(H,28,29). The molecule has 0 saturated carbocycles. The highest BCUT2D eigenvalue weighted by molar-refractivity contribution is 7.99. The molecule has 2 rings (SSSR count). The highest BCUT2D eigenvalue weighted by atomic mass is 35.5. The van der Waals surface area contributed by atoms with Crippen molar-refractivity contribution in [2.45, 2.75) is 53.6 Å². The van der Waals surface area contributed by atoms with Crippen LogP contribution in [0.2, 0.25) is 5.02 Å². The first kappa shape index (κ1) is 24.5. The Balaban J connectivity index is 1.98. The summed E-state index contributed by atoms with van der Waals surface area (Å²) in [5.74, 6) is -0.963. The summed E-state index contributed by atoms with van der Waals surface area (Å²) in [5, 5.41) is 18.8. The number of rotatable bonds is 10. The summed E-state index contributed by atoms with van der Waals surface area (Å²) in [6.07, 6.45) is -2.70. The van der Waals surface area contributed by atoms with E-state index in [0.717, 1.165) is 17.7 Å². The van der Waals surface area contributed by atoms with E-state index in [1.54, 1.807) is 18.2 Å². The Kier molecular flexibility index (Phi) is 8.61. The summed E-state index contributed by atoms with van der Waals surface area (Å²) in [6.45, 7) is -0.305. The van der Waals surface area contributed by atoms with Crippen molar-refractivity contribution in [3.05, 3.63) is 58.6 Å². The Hall–Kier alpha value is -1.74. The molecule has 0 aromatic heterocycles. The molecule has 2 aromatic carbocycles. The van der Waals surface area contributed by atoms with Crippen molar-refractivity contribution >= 4 is 29.3 Å². The minimum Gasteiger partial charge on any atom is -0.481 e. The predicted molar refractivity (Wildman–Crippen MR) is 111 cm³/mol. The first-order valence-electron chi connectivity index (χ1n) is 9.27. The van der Waals surface area contributed by atoms with E-state index in [1.807, 2.05) is 6.07 Å². The molecule has 4 nitrogen and oxygen atoms in total. The molecular formula is C21H23ClF3NO3S. The van der Waals surface area contributed by atoms with Crippen LogP contribution in [0.5, 0.6) is 0 Å². The van der Waals surface area contributed by atoms with Gasteiger partial charge in [0.1, 0.15) is 0 Å². The van der Waals surface area contributed by atoms with Gasteiger partial charge in [-0.15, -0.1) is 0 Å². The van der Waals surface area contributed by atoms with Crippen LogP contribution >= 0.6 is 23.4 Å². The molecule has 0 aliphatic rings. The average Bonchev–Trinajstić information content (AvgIpc) is 2.68. The number of nitrogens with two attached hydrogens (primary N) is 1. The summed E-state index contributed by atoms with van der Waals surface area (Å²) in [7, 11) is 0. The fraction of sp³-hybridized carbons (Fsp3) is 0.381. The molecule has 30 heavy (non-hydrogen) atoms. The van der Waals surface area contributed by atoms with Crippen LogP contribution in [-0.4, -0.2) is 28.3 Å². The zero-order chi connectivity index (χ0) is 22.4. The molecule has 0 bridgehead atoms. The van der Waals surface area contributed by atoms with Crippen LogP contribution < -0.4 is 5.73 Å². The van der Waals surface area contributed by atoms with Gasteiger partial charge in [0.2, 0.25) is 0 Å². The first-order chi connectivity index (χ1) is 14.0. The van der Waals surface area contributed by atoms with Gasteiger partial charge in [-0.1, -0.05) is 35.5 Å².